The summed E-state index contributed by atoms with van der Waals surface area (Å²) in [4.78, 5) is 13.7. The first kappa shape index (κ1) is 12.1. The Labute approximate surface area is 102 Å². The second-order valence-corrected chi connectivity index (χ2v) is 4.59. The minimum atomic E-state index is 0.111. The highest BCUT2D eigenvalue weighted by atomic mass is 16.5. The predicted molar refractivity (Wildman–Crippen MR) is 68.7 cm³/mol. The SMILES string of the molecule is CC(=O)c1ccccc1N(C)CC1CCCO1. The standard InChI is InChI=1S/C14H19NO2/c1-11(16)13-7-3-4-8-14(13)15(2)10-12-6-5-9-17-12/h3-4,7-8,12H,5-6,9-10H2,1-2H3. The molecule has 1 aliphatic heterocycles. The van der Waals surface area contributed by atoms with Crippen molar-refractivity contribution in [2.75, 3.05) is 25.1 Å². The zero-order valence-corrected chi connectivity index (χ0v) is 10.5. The summed E-state index contributed by atoms with van der Waals surface area (Å²) in [5.74, 6) is 0.111. The Morgan fingerprint density at radius 2 is 2.24 bits per heavy atom. The van der Waals surface area contributed by atoms with Crippen LogP contribution in [0.1, 0.15) is 30.1 Å². The molecule has 3 heteroatoms. The minimum Gasteiger partial charge on any atom is -0.376 e. The number of carbonyl (C=O) groups is 1. The lowest BCUT2D eigenvalue weighted by Gasteiger charge is -2.24. The Kier molecular flexibility index (Phi) is 3.79. The zero-order valence-electron chi connectivity index (χ0n) is 10.5. The van der Waals surface area contributed by atoms with Gasteiger partial charge in [0.25, 0.3) is 0 Å². The van der Waals surface area contributed by atoms with Crippen molar-refractivity contribution < 1.29 is 9.53 Å². The highest BCUT2D eigenvalue weighted by Gasteiger charge is 2.19. The van der Waals surface area contributed by atoms with Crippen LogP contribution in [0, 0.1) is 0 Å². The Balaban J connectivity index is 2.12. The quantitative estimate of drug-likeness (QED) is 0.748. The van der Waals surface area contributed by atoms with Gasteiger partial charge in [-0.15, -0.1) is 0 Å². The van der Waals surface area contributed by atoms with Gasteiger partial charge in [0.15, 0.2) is 5.78 Å². The van der Waals surface area contributed by atoms with E-state index in [4.69, 9.17) is 4.74 Å². The number of hydrogen-bond donors (Lipinski definition) is 0. The first-order chi connectivity index (χ1) is 8.18. The number of Topliss-reactive ketones (excluding diaryl/α,β-unsaturated/α-hetero) is 1. The third-order valence-corrected chi connectivity index (χ3v) is 3.20. The normalized spacial score (nSPS) is 19.3. The number of carbonyl (C=O) groups excluding carboxylic acids is 1. The molecule has 1 aromatic carbocycles. The summed E-state index contributed by atoms with van der Waals surface area (Å²) in [7, 11) is 2.02. The summed E-state index contributed by atoms with van der Waals surface area (Å²) < 4.78 is 5.62. The van der Waals surface area contributed by atoms with Crippen molar-refractivity contribution in [2.24, 2.45) is 0 Å². The fourth-order valence-electron chi connectivity index (χ4n) is 2.30. The lowest BCUT2D eigenvalue weighted by atomic mass is 10.1. The average Bonchev–Trinajstić information content (AvgIpc) is 2.81. The number of nitrogens with zero attached hydrogens (tertiary/aromatic N) is 1. The number of para-hydroxylation sites is 1. The van der Waals surface area contributed by atoms with Crippen molar-refractivity contribution in [3.63, 3.8) is 0 Å². The molecule has 3 nitrogen and oxygen atoms in total. The first-order valence-corrected chi connectivity index (χ1v) is 6.11. The Hall–Kier alpha value is -1.35. The van der Waals surface area contributed by atoms with Gasteiger partial charge in [-0.05, 0) is 31.9 Å². The van der Waals surface area contributed by atoms with E-state index in [0.717, 1.165) is 37.2 Å². The van der Waals surface area contributed by atoms with Crippen LogP contribution in [0.25, 0.3) is 0 Å². The number of benzene rings is 1. The van der Waals surface area contributed by atoms with Gasteiger partial charge in [0, 0.05) is 31.5 Å². The molecule has 0 aromatic heterocycles. The second-order valence-electron chi connectivity index (χ2n) is 4.59. The molecule has 92 valence electrons. The fourth-order valence-corrected chi connectivity index (χ4v) is 2.30. The highest BCUT2D eigenvalue weighted by Crippen LogP contribution is 2.22. The maximum Gasteiger partial charge on any atom is 0.161 e. The van der Waals surface area contributed by atoms with Gasteiger partial charge in [0.1, 0.15) is 0 Å². The zero-order chi connectivity index (χ0) is 12.3. The van der Waals surface area contributed by atoms with Crippen molar-refractivity contribution in [3.05, 3.63) is 29.8 Å². The van der Waals surface area contributed by atoms with E-state index in [2.05, 4.69) is 4.90 Å². The maximum atomic E-state index is 11.5. The van der Waals surface area contributed by atoms with Crippen LogP contribution >= 0.6 is 0 Å². The molecule has 0 N–H and O–H groups in total. The molecule has 2 rings (SSSR count). The Bertz CT molecular complexity index is 397. The van der Waals surface area contributed by atoms with E-state index in [0.29, 0.717) is 6.10 Å². The monoisotopic (exact) mass is 233 g/mol. The smallest absolute Gasteiger partial charge is 0.161 e. The molecule has 0 spiro atoms. The number of hydrogen-bond acceptors (Lipinski definition) is 3. The molecule has 1 aliphatic rings. The number of likely N-dealkylation sites (N-methyl/N-ethyl adjacent to an activating group) is 1. The van der Waals surface area contributed by atoms with Gasteiger partial charge in [-0.3, -0.25) is 4.79 Å². The maximum absolute atomic E-state index is 11.5. The predicted octanol–water partition coefficient (Wildman–Crippen LogP) is 2.50. The van der Waals surface area contributed by atoms with Crippen molar-refractivity contribution in [1.29, 1.82) is 0 Å². The van der Waals surface area contributed by atoms with E-state index in [1.54, 1.807) is 6.92 Å². The first-order valence-electron chi connectivity index (χ1n) is 6.11. The van der Waals surface area contributed by atoms with Gasteiger partial charge in [-0.25, -0.2) is 0 Å². The molecule has 1 aromatic rings. The molecule has 1 heterocycles. The fraction of sp³-hybridized carbons (Fsp3) is 0.500. The highest BCUT2D eigenvalue weighted by molar-refractivity contribution is 5.99. The lowest BCUT2D eigenvalue weighted by Crippen LogP contribution is -2.29. The Morgan fingerprint density at radius 1 is 1.47 bits per heavy atom. The third-order valence-electron chi connectivity index (χ3n) is 3.20. The summed E-state index contributed by atoms with van der Waals surface area (Å²) in [6.07, 6.45) is 2.57. The van der Waals surface area contributed by atoms with E-state index >= 15 is 0 Å². The van der Waals surface area contributed by atoms with Gasteiger partial charge >= 0.3 is 0 Å². The minimum absolute atomic E-state index is 0.111. The van der Waals surface area contributed by atoms with Gasteiger partial charge < -0.3 is 9.64 Å². The van der Waals surface area contributed by atoms with Crippen molar-refractivity contribution >= 4 is 11.5 Å². The van der Waals surface area contributed by atoms with Crippen LogP contribution in [0.15, 0.2) is 24.3 Å². The molecule has 0 bridgehead atoms. The molecule has 0 amide bonds. The topological polar surface area (TPSA) is 29.5 Å². The van der Waals surface area contributed by atoms with E-state index in [-0.39, 0.29) is 5.78 Å². The number of anilines is 1. The average molecular weight is 233 g/mol. The van der Waals surface area contributed by atoms with Crippen LogP contribution in [0.2, 0.25) is 0 Å². The molecule has 1 unspecified atom stereocenters. The van der Waals surface area contributed by atoms with Gasteiger partial charge in [0.05, 0.1) is 6.10 Å². The molecular formula is C14H19NO2. The van der Waals surface area contributed by atoms with E-state index in [9.17, 15) is 4.79 Å². The lowest BCUT2D eigenvalue weighted by molar-refractivity contribution is 0.101. The van der Waals surface area contributed by atoms with Crippen LogP contribution in [0.3, 0.4) is 0 Å². The second kappa shape index (κ2) is 5.32. The number of ketones is 1. The van der Waals surface area contributed by atoms with Gasteiger partial charge in [-0.1, -0.05) is 12.1 Å². The van der Waals surface area contributed by atoms with E-state index in [1.165, 1.54) is 0 Å². The molecule has 0 radical (unpaired) electrons. The molecule has 1 fully saturated rings. The van der Waals surface area contributed by atoms with Gasteiger partial charge in [0.2, 0.25) is 0 Å². The van der Waals surface area contributed by atoms with Gasteiger partial charge in [-0.2, -0.15) is 0 Å². The molecular weight excluding hydrogens is 214 g/mol. The third kappa shape index (κ3) is 2.86. The van der Waals surface area contributed by atoms with Crippen molar-refractivity contribution in [3.8, 4) is 0 Å². The van der Waals surface area contributed by atoms with E-state index in [1.807, 2.05) is 31.3 Å². The summed E-state index contributed by atoms with van der Waals surface area (Å²) in [6, 6.07) is 7.74. The largest absolute Gasteiger partial charge is 0.376 e. The summed E-state index contributed by atoms with van der Waals surface area (Å²) >= 11 is 0. The number of rotatable bonds is 4. The van der Waals surface area contributed by atoms with Crippen LogP contribution in [-0.2, 0) is 4.74 Å². The molecule has 1 atom stereocenters. The van der Waals surface area contributed by atoms with Crippen molar-refractivity contribution in [1.82, 2.24) is 0 Å². The van der Waals surface area contributed by atoms with Crippen LogP contribution < -0.4 is 4.90 Å². The Morgan fingerprint density at radius 3 is 2.88 bits per heavy atom. The molecule has 17 heavy (non-hydrogen) atoms. The van der Waals surface area contributed by atoms with Crippen LogP contribution in [0.4, 0.5) is 5.69 Å². The van der Waals surface area contributed by atoms with Crippen LogP contribution in [-0.4, -0.2) is 32.1 Å². The van der Waals surface area contributed by atoms with E-state index < -0.39 is 0 Å². The van der Waals surface area contributed by atoms with Crippen LogP contribution in [0.5, 0.6) is 0 Å². The summed E-state index contributed by atoms with van der Waals surface area (Å²) in [5.41, 5.74) is 1.78. The number of ether oxygens (including phenoxy) is 1. The molecule has 1 saturated heterocycles. The summed E-state index contributed by atoms with van der Waals surface area (Å²) in [6.45, 7) is 3.33. The molecule has 0 aliphatic carbocycles. The molecule has 0 saturated carbocycles. The van der Waals surface area contributed by atoms with Crippen molar-refractivity contribution in [2.45, 2.75) is 25.9 Å². The summed E-state index contributed by atoms with van der Waals surface area (Å²) in [5, 5.41) is 0.